The zero-order valence-electron chi connectivity index (χ0n) is 71.0. The minimum atomic E-state index is -1.50. The maximum atomic E-state index is 14.0. The van der Waals surface area contributed by atoms with Gasteiger partial charge in [0.2, 0.25) is 5.69 Å². The molecule has 668 valence electrons. The second kappa shape index (κ2) is 44.0. The number of aliphatic hydroxyl groups is 3. The van der Waals surface area contributed by atoms with Crippen molar-refractivity contribution in [3.8, 4) is 0 Å². The van der Waals surface area contributed by atoms with E-state index in [0.29, 0.717) is 82.0 Å². The molecule has 2 amide bonds. The molecule has 29 heteroatoms. The van der Waals surface area contributed by atoms with Gasteiger partial charge >= 0.3 is 23.9 Å². The molecule has 3 saturated carbocycles. The van der Waals surface area contributed by atoms with Crippen LogP contribution in [-0.2, 0) is 37.1 Å². The first-order chi connectivity index (χ1) is 59.9. The van der Waals surface area contributed by atoms with Crippen LogP contribution in [0.25, 0.3) is 33.1 Å². The molecule has 8 aromatic rings. The number of hydrogen-bond donors (Lipinski definition) is 8. The summed E-state index contributed by atoms with van der Waals surface area (Å²) in [5.41, 5.74) is 8.38. The van der Waals surface area contributed by atoms with Crippen LogP contribution in [0, 0.1) is 0 Å². The number of aromatic carboxylic acids is 1. The van der Waals surface area contributed by atoms with Gasteiger partial charge < -0.3 is 65.1 Å². The molecule has 12 atom stereocenters. The number of aromatic nitrogens is 6. The van der Waals surface area contributed by atoms with E-state index < -0.39 is 90.3 Å². The highest BCUT2D eigenvalue weighted by Crippen LogP contribution is 2.48. The topological polar surface area (TPSA) is 386 Å². The molecule has 0 radical (unpaired) electrons. The third kappa shape index (κ3) is 21.9. The molecule has 9 heterocycles. The van der Waals surface area contributed by atoms with E-state index >= 15 is 0 Å². The minimum Gasteiger partial charge on any atom is -0.480 e. The molecular formula is C95H125ClN12O16. The average molecular weight is 1730 g/mol. The quantitative estimate of drug-likeness (QED) is 0.0310. The van der Waals surface area contributed by atoms with Crippen molar-refractivity contribution in [2.24, 2.45) is 5.73 Å². The molecule has 9 fully saturated rings. The average Bonchev–Trinajstić information content (AvgIpc) is 1.72. The van der Waals surface area contributed by atoms with Gasteiger partial charge in [-0.15, -0.1) is 12.4 Å². The van der Waals surface area contributed by atoms with Crippen LogP contribution in [0.4, 0.5) is 0 Å². The number of esters is 2. The van der Waals surface area contributed by atoms with Gasteiger partial charge in [0, 0.05) is 73.9 Å². The molecular weight excluding hydrogens is 1600 g/mol. The Hall–Kier alpha value is -9.65. The molecule has 28 nitrogen and oxygen atoms in total. The largest absolute Gasteiger partial charge is 0.480 e. The van der Waals surface area contributed by atoms with E-state index in [1.807, 2.05) is 109 Å². The van der Waals surface area contributed by atoms with Gasteiger partial charge in [-0.25, -0.2) is 29.3 Å². The van der Waals surface area contributed by atoms with Gasteiger partial charge in [0.1, 0.15) is 19.3 Å². The fourth-order valence-electron chi connectivity index (χ4n) is 21.7. The summed E-state index contributed by atoms with van der Waals surface area (Å²) in [7, 11) is 0. The Morgan fingerprint density at radius 1 is 0.363 bits per heavy atom. The fourth-order valence-corrected chi connectivity index (χ4v) is 21.7. The lowest BCUT2D eigenvalue weighted by Crippen LogP contribution is -2.51. The number of carboxylic acid groups (broad SMARTS) is 2. The number of carbonyl (C=O) groups is 6. The van der Waals surface area contributed by atoms with Gasteiger partial charge in [-0.3, -0.25) is 43.5 Å². The zero-order valence-corrected chi connectivity index (χ0v) is 71.8. The fraction of sp³-hybridized carbons (Fsp3) is 0.558. The zero-order chi connectivity index (χ0) is 86.0. The number of nitrogens with two attached hydrogens (primary N) is 1. The molecule has 6 saturated heterocycles. The van der Waals surface area contributed by atoms with Gasteiger partial charge in [0.15, 0.2) is 23.5 Å². The summed E-state index contributed by atoms with van der Waals surface area (Å²) < 4.78 is 15.4. The molecule has 124 heavy (non-hydrogen) atoms. The summed E-state index contributed by atoms with van der Waals surface area (Å²) in [6.45, 7) is -1.63. The monoisotopic (exact) mass is 1720 g/mol. The summed E-state index contributed by atoms with van der Waals surface area (Å²) in [6, 6.07) is 41.5. The van der Waals surface area contributed by atoms with Gasteiger partial charge in [0.25, 0.3) is 28.5 Å². The predicted molar refractivity (Wildman–Crippen MR) is 475 cm³/mol. The molecule has 0 spiro atoms. The van der Waals surface area contributed by atoms with Crippen LogP contribution in [-0.4, -0.2) is 197 Å². The lowest BCUT2D eigenvalue weighted by molar-refractivity contribution is -0.148. The molecule has 3 aliphatic carbocycles. The predicted octanol–water partition coefficient (Wildman–Crippen LogP) is 12.5. The number of hydrogen-bond acceptors (Lipinski definition) is 21. The number of halogens is 1. The van der Waals surface area contributed by atoms with Crippen molar-refractivity contribution in [3.63, 3.8) is 0 Å². The van der Waals surface area contributed by atoms with Gasteiger partial charge in [-0.05, 0) is 163 Å². The minimum absolute atomic E-state index is 0. The van der Waals surface area contributed by atoms with Crippen molar-refractivity contribution in [2.75, 3.05) is 19.8 Å². The molecule has 6 bridgehead atoms. The number of fused-ring (bicyclic) bond motifs is 9. The van der Waals surface area contributed by atoms with E-state index in [4.69, 9.17) is 20.3 Å². The van der Waals surface area contributed by atoms with E-state index in [9.17, 15) is 63.6 Å². The number of nitrogens with one attached hydrogen (secondary N) is 2. The number of ether oxygens (including phenoxy) is 2. The maximum Gasteiger partial charge on any atom is 0.360 e. The number of carboxylic acids is 2. The van der Waals surface area contributed by atoms with E-state index in [0.717, 1.165) is 80.9 Å². The SMILES string of the molecule is Cl.N[C@@H](CO)C(=O)OCc1ccccc1.O=C(N[C@@H](CO)C(=O)O)c1nc2ccccc2n(C2C[C@H]3CC[C@@H](C2)N3C2CCCCCCC2)c1=O.O=C(N[C@@H](CO)C(=O)OCc1ccccc1)c1nc2ccccc2n(C2C[C@H]3CC[C@@H](C2)N3C2CCCCCCC2)c1=O.O=C(O)c1nc2ccccc2n(C2C[C@H]3CC[C@@H](C2)N3C2CCCCCCC2)c1=O.[HH]. The van der Waals surface area contributed by atoms with E-state index in [2.05, 4.69) is 40.3 Å². The smallest absolute Gasteiger partial charge is 0.360 e. The van der Waals surface area contributed by atoms with E-state index in [1.165, 1.54) is 148 Å². The van der Waals surface area contributed by atoms with Gasteiger partial charge in [-0.1, -0.05) is 193 Å². The van der Waals surface area contributed by atoms with Crippen LogP contribution in [0.15, 0.2) is 148 Å². The molecule has 17 rings (SSSR count). The highest BCUT2D eigenvalue weighted by Gasteiger charge is 2.49. The Morgan fingerprint density at radius 3 is 0.952 bits per heavy atom. The second-order valence-electron chi connectivity index (χ2n) is 35.3. The number of piperidine rings is 3. The molecule has 5 aromatic carbocycles. The molecule has 9 N–H and O–H groups in total. The number of benzene rings is 5. The van der Waals surface area contributed by atoms with Crippen molar-refractivity contribution in [1.29, 1.82) is 0 Å². The summed E-state index contributed by atoms with van der Waals surface area (Å²) in [6.07, 6.45) is 39.9. The Labute approximate surface area is 730 Å². The molecule has 3 aromatic heterocycles. The number of rotatable bonds is 21. The summed E-state index contributed by atoms with van der Waals surface area (Å²) >= 11 is 0. The first kappa shape index (κ1) is 92.0. The standard InChI is InChI=1S/C34H42N4O5.C27H36N4O5.C24H31N3O3.C10H13NO3.ClH.H2/c39-21-29(34(42)43-22-23-11-5-4-6-12-23)36-32(40)31-33(41)38(30-16-10-9-15-28(30)35-31)27-19-25-17-18-26(20-27)37(25)24-13-7-2-1-3-8-14-24;32-16-22(27(35)36)29-25(33)24-26(34)31(23-11-7-6-10-21(23)28-24)20-14-18-12-13-19(15-20)30(18)17-8-4-2-1-3-5-9-17;28-23-22(24(29)30)25-20-10-6-7-11-21(20)27(23)19-14-17-12-13-18(15-19)26(17)16-8-4-2-1-3-5-9-16;11-9(6-12)10(13)14-7-8-4-2-1-3-5-8;;/h4-6,9-12,15-16,24-27,29,39H,1-3,7-8,13-14,17-22H2,(H,36,40);6-7,10-11,17-20,22,32H,1-5,8-9,12-16H2,(H,29,33)(H,35,36);6-7,10-11,16-19H,1-5,8-9,12-15H2,(H,29,30);1-5,9,12H,6-7,11H2;2*1H/t25-,26+,27?,29-;18-,19+,20?,22-;17-,18+,19?;9-;;/m00.0../s1. The highest BCUT2D eigenvalue weighted by atomic mass is 35.5. The second-order valence-corrected chi connectivity index (χ2v) is 35.3. The highest BCUT2D eigenvalue weighted by molar-refractivity contribution is 5.97. The van der Waals surface area contributed by atoms with Crippen LogP contribution >= 0.6 is 12.4 Å². The van der Waals surface area contributed by atoms with E-state index in [1.54, 1.807) is 38.0 Å². The Kier molecular flexibility index (Phi) is 32.6. The number of amides is 2. The van der Waals surface area contributed by atoms with Crippen LogP contribution in [0.5, 0.6) is 0 Å². The van der Waals surface area contributed by atoms with Crippen molar-refractivity contribution >= 4 is 81.2 Å². The Bertz CT molecular complexity index is 5100. The summed E-state index contributed by atoms with van der Waals surface area (Å²) in [5.74, 6) is -5.65. The van der Waals surface area contributed by atoms with Crippen LogP contribution in [0.1, 0.15) is 274 Å². The number of aliphatic hydroxyl groups excluding tert-OH is 3. The summed E-state index contributed by atoms with van der Waals surface area (Å²) in [5, 5.41) is 51.3. The summed E-state index contributed by atoms with van der Waals surface area (Å²) in [4.78, 5) is 135. The van der Waals surface area contributed by atoms with Crippen LogP contribution in [0.3, 0.4) is 0 Å². The van der Waals surface area contributed by atoms with Crippen LogP contribution < -0.4 is 33.0 Å². The third-order valence-electron chi connectivity index (χ3n) is 27.4. The van der Waals surface area contributed by atoms with Crippen molar-refractivity contribution in [3.05, 3.63) is 193 Å². The normalized spacial score (nSPS) is 24.1. The maximum absolute atomic E-state index is 14.0. The van der Waals surface area contributed by atoms with Gasteiger partial charge in [0.05, 0.1) is 52.9 Å². The molecule has 3 unspecified atom stereocenters. The Morgan fingerprint density at radius 2 is 0.645 bits per heavy atom. The number of nitrogens with zero attached hydrogens (tertiary/aromatic N) is 9. The van der Waals surface area contributed by atoms with E-state index in [-0.39, 0.29) is 62.3 Å². The lowest BCUT2D eigenvalue weighted by atomic mass is 9.89. The van der Waals surface area contributed by atoms with Crippen molar-refractivity contribution in [2.45, 2.75) is 316 Å². The van der Waals surface area contributed by atoms with Crippen LogP contribution in [0.2, 0.25) is 0 Å². The number of aliphatic carboxylic acids is 1. The lowest BCUT2D eigenvalue weighted by Gasteiger charge is -2.45. The molecule has 9 aliphatic rings. The first-order valence-electron chi connectivity index (χ1n) is 45.3. The van der Waals surface area contributed by atoms with Crippen molar-refractivity contribution in [1.82, 2.24) is 54.0 Å². The number of para-hydroxylation sites is 6. The first-order valence-corrected chi connectivity index (χ1v) is 45.3. The molecule has 6 aliphatic heterocycles. The Balaban J connectivity index is 0.000000159. The third-order valence-corrected chi connectivity index (χ3v) is 27.4. The van der Waals surface area contributed by atoms with Crippen molar-refractivity contribution < 1.29 is 65.2 Å². The number of carbonyl (C=O) groups excluding carboxylic acids is 4. The van der Waals surface area contributed by atoms with Gasteiger partial charge in [-0.2, -0.15) is 0 Å².